The van der Waals surface area contributed by atoms with Gasteiger partial charge in [-0.25, -0.2) is 4.39 Å². The van der Waals surface area contributed by atoms with Gasteiger partial charge < -0.3 is 4.90 Å². The third-order valence-electron chi connectivity index (χ3n) is 3.87. The number of benzene rings is 1. The molecule has 2 nitrogen and oxygen atoms in total. The zero-order valence-corrected chi connectivity index (χ0v) is 12.3. The largest absolute Gasteiger partial charge is 0.369 e. The lowest BCUT2D eigenvalue weighted by Gasteiger charge is -2.35. The smallest absolute Gasteiger partial charge is 0.102 e. The van der Waals surface area contributed by atoms with Crippen LogP contribution in [0.5, 0.6) is 0 Å². The van der Waals surface area contributed by atoms with Crippen molar-refractivity contribution in [3.8, 4) is 0 Å². The molecule has 1 fully saturated rings. The van der Waals surface area contributed by atoms with E-state index < -0.39 is 0 Å². The molecule has 0 spiro atoms. The molecule has 0 radical (unpaired) electrons. The average Bonchev–Trinajstić information content (AvgIpc) is 2.39. The predicted molar refractivity (Wildman–Crippen MR) is 79.8 cm³/mol. The minimum Gasteiger partial charge on any atom is -0.369 e. The molecule has 19 heavy (non-hydrogen) atoms. The van der Waals surface area contributed by atoms with Gasteiger partial charge in [0.1, 0.15) is 6.67 Å². The Balaban J connectivity index is 1.97. The first-order valence-electron chi connectivity index (χ1n) is 7.14. The van der Waals surface area contributed by atoms with Gasteiger partial charge in [0.2, 0.25) is 0 Å². The summed E-state index contributed by atoms with van der Waals surface area (Å²) in [5, 5.41) is 0. The SMILES string of the molecule is CC(C)(C)c1ccc(N2CCN(CCF)CC2)cc1. The van der Waals surface area contributed by atoms with Crippen LogP contribution in [0.1, 0.15) is 26.3 Å². The van der Waals surface area contributed by atoms with E-state index in [4.69, 9.17) is 0 Å². The number of anilines is 1. The third-order valence-corrected chi connectivity index (χ3v) is 3.87. The Labute approximate surface area is 116 Å². The van der Waals surface area contributed by atoms with E-state index in [0.29, 0.717) is 6.54 Å². The quantitative estimate of drug-likeness (QED) is 0.828. The van der Waals surface area contributed by atoms with Crippen LogP contribution in [-0.4, -0.2) is 44.3 Å². The predicted octanol–water partition coefficient (Wildman–Crippen LogP) is 3.08. The van der Waals surface area contributed by atoms with Crippen molar-refractivity contribution < 1.29 is 4.39 Å². The molecule has 106 valence electrons. The molecule has 0 atom stereocenters. The zero-order valence-electron chi connectivity index (χ0n) is 12.3. The molecule has 2 rings (SSSR count). The van der Waals surface area contributed by atoms with E-state index in [-0.39, 0.29) is 12.1 Å². The summed E-state index contributed by atoms with van der Waals surface area (Å²) in [6, 6.07) is 8.88. The molecule has 0 aromatic heterocycles. The Morgan fingerprint density at radius 2 is 1.58 bits per heavy atom. The maximum absolute atomic E-state index is 12.3. The summed E-state index contributed by atoms with van der Waals surface area (Å²) in [6.07, 6.45) is 0. The van der Waals surface area contributed by atoms with Crippen LogP contribution in [0.25, 0.3) is 0 Å². The van der Waals surface area contributed by atoms with E-state index in [1.165, 1.54) is 11.3 Å². The monoisotopic (exact) mass is 264 g/mol. The van der Waals surface area contributed by atoms with E-state index in [9.17, 15) is 4.39 Å². The second kappa shape index (κ2) is 5.91. The van der Waals surface area contributed by atoms with E-state index in [1.807, 2.05) is 0 Å². The summed E-state index contributed by atoms with van der Waals surface area (Å²) in [4.78, 5) is 4.58. The maximum Gasteiger partial charge on any atom is 0.102 e. The van der Waals surface area contributed by atoms with Gasteiger partial charge in [0.05, 0.1) is 0 Å². The van der Waals surface area contributed by atoms with Crippen LogP contribution in [-0.2, 0) is 5.41 Å². The molecular formula is C16H25FN2. The van der Waals surface area contributed by atoms with Crippen LogP contribution >= 0.6 is 0 Å². The number of hydrogen-bond donors (Lipinski definition) is 0. The second-order valence-corrected chi connectivity index (χ2v) is 6.31. The van der Waals surface area contributed by atoms with Crippen molar-refractivity contribution in [1.82, 2.24) is 4.90 Å². The molecule has 0 N–H and O–H groups in total. The molecule has 3 heteroatoms. The highest BCUT2D eigenvalue weighted by atomic mass is 19.1. The molecule has 0 amide bonds. The lowest BCUT2D eigenvalue weighted by atomic mass is 9.87. The van der Waals surface area contributed by atoms with Crippen molar-refractivity contribution >= 4 is 5.69 Å². The van der Waals surface area contributed by atoms with Crippen molar-refractivity contribution in [2.75, 3.05) is 44.3 Å². The van der Waals surface area contributed by atoms with Crippen molar-refractivity contribution in [1.29, 1.82) is 0 Å². The fourth-order valence-corrected chi connectivity index (χ4v) is 2.52. The molecule has 1 aromatic rings. The number of nitrogens with zero attached hydrogens (tertiary/aromatic N) is 2. The number of rotatable bonds is 3. The lowest BCUT2D eigenvalue weighted by Crippen LogP contribution is -2.47. The fourth-order valence-electron chi connectivity index (χ4n) is 2.52. The maximum atomic E-state index is 12.3. The molecule has 1 aliphatic rings. The van der Waals surface area contributed by atoms with Gasteiger partial charge in [0.15, 0.2) is 0 Å². The van der Waals surface area contributed by atoms with Gasteiger partial charge in [-0.3, -0.25) is 4.90 Å². The van der Waals surface area contributed by atoms with Gasteiger partial charge in [-0.2, -0.15) is 0 Å². The number of alkyl halides is 1. The van der Waals surface area contributed by atoms with Crippen LogP contribution in [0, 0.1) is 0 Å². The first-order chi connectivity index (χ1) is 9.00. The number of piperazine rings is 1. The highest BCUT2D eigenvalue weighted by molar-refractivity contribution is 5.49. The Hall–Kier alpha value is -1.09. The van der Waals surface area contributed by atoms with Gasteiger partial charge in [-0.15, -0.1) is 0 Å². The van der Waals surface area contributed by atoms with E-state index in [1.54, 1.807) is 0 Å². The molecule has 1 aromatic carbocycles. The summed E-state index contributed by atoms with van der Waals surface area (Å²) < 4.78 is 12.3. The topological polar surface area (TPSA) is 6.48 Å². The second-order valence-electron chi connectivity index (χ2n) is 6.31. The van der Waals surface area contributed by atoms with Gasteiger partial charge in [0, 0.05) is 38.4 Å². The number of halogens is 1. The summed E-state index contributed by atoms with van der Waals surface area (Å²) in [6.45, 7) is 11.0. The Morgan fingerprint density at radius 1 is 1.00 bits per heavy atom. The normalized spacial score (nSPS) is 17.8. The highest BCUT2D eigenvalue weighted by Gasteiger charge is 2.18. The Bertz CT molecular complexity index is 386. The van der Waals surface area contributed by atoms with Crippen LogP contribution < -0.4 is 4.90 Å². The minimum atomic E-state index is -0.236. The van der Waals surface area contributed by atoms with Gasteiger partial charge in [0.25, 0.3) is 0 Å². The molecule has 0 aliphatic carbocycles. The molecule has 1 aliphatic heterocycles. The van der Waals surface area contributed by atoms with E-state index in [2.05, 4.69) is 54.8 Å². The van der Waals surface area contributed by atoms with Crippen molar-refractivity contribution in [3.05, 3.63) is 29.8 Å². The molecule has 0 bridgehead atoms. The third kappa shape index (κ3) is 3.69. The van der Waals surface area contributed by atoms with Crippen LogP contribution in [0.4, 0.5) is 10.1 Å². The summed E-state index contributed by atoms with van der Waals surface area (Å²) >= 11 is 0. The molecular weight excluding hydrogens is 239 g/mol. The zero-order chi connectivity index (χ0) is 13.9. The highest BCUT2D eigenvalue weighted by Crippen LogP contribution is 2.25. The summed E-state index contributed by atoms with van der Waals surface area (Å²) in [7, 11) is 0. The van der Waals surface area contributed by atoms with Crippen LogP contribution in [0.3, 0.4) is 0 Å². The van der Waals surface area contributed by atoms with Gasteiger partial charge in [-0.05, 0) is 23.1 Å². The van der Waals surface area contributed by atoms with Gasteiger partial charge in [-0.1, -0.05) is 32.9 Å². The van der Waals surface area contributed by atoms with Crippen LogP contribution in [0.15, 0.2) is 24.3 Å². The average molecular weight is 264 g/mol. The molecule has 0 unspecified atom stereocenters. The Kier molecular flexibility index (Phi) is 4.46. The van der Waals surface area contributed by atoms with Crippen molar-refractivity contribution in [2.45, 2.75) is 26.2 Å². The first kappa shape index (κ1) is 14.3. The lowest BCUT2D eigenvalue weighted by molar-refractivity contribution is 0.235. The van der Waals surface area contributed by atoms with Crippen molar-refractivity contribution in [3.63, 3.8) is 0 Å². The van der Waals surface area contributed by atoms with E-state index >= 15 is 0 Å². The fraction of sp³-hybridized carbons (Fsp3) is 0.625. The van der Waals surface area contributed by atoms with E-state index in [0.717, 1.165) is 26.2 Å². The number of hydrogen-bond acceptors (Lipinski definition) is 2. The molecule has 0 saturated carbocycles. The molecule has 1 saturated heterocycles. The summed E-state index contributed by atoms with van der Waals surface area (Å²) in [5.74, 6) is 0. The van der Waals surface area contributed by atoms with Crippen molar-refractivity contribution in [2.24, 2.45) is 0 Å². The van der Waals surface area contributed by atoms with Gasteiger partial charge >= 0.3 is 0 Å². The van der Waals surface area contributed by atoms with Crippen LogP contribution in [0.2, 0.25) is 0 Å². The molecule has 1 heterocycles. The Morgan fingerprint density at radius 3 is 2.05 bits per heavy atom. The minimum absolute atomic E-state index is 0.207. The first-order valence-corrected chi connectivity index (χ1v) is 7.14. The summed E-state index contributed by atoms with van der Waals surface area (Å²) in [5.41, 5.74) is 2.86. The standard InChI is InChI=1S/C16H25FN2/c1-16(2,3)14-4-6-15(7-5-14)19-12-10-18(9-8-17)11-13-19/h4-7H,8-13H2,1-3H3.